The van der Waals surface area contributed by atoms with Gasteiger partial charge in [-0.3, -0.25) is 14.8 Å². The highest BCUT2D eigenvalue weighted by Crippen LogP contribution is 2.24. The topological polar surface area (TPSA) is 87.7 Å². The maximum absolute atomic E-state index is 12.4. The summed E-state index contributed by atoms with van der Waals surface area (Å²) in [6.45, 7) is 1.93. The SMILES string of the molecule is Cc1cccc(CS(=O)(=O)Nc2cn[nH]c2-c2ccccn2)c1. The van der Waals surface area contributed by atoms with Crippen LogP contribution in [0.1, 0.15) is 11.1 Å². The average molecular weight is 328 g/mol. The second-order valence-corrected chi connectivity index (χ2v) is 6.95. The molecule has 0 saturated heterocycles. The molecule has 0 fully saturated rings. The number of pyridine rings is 1. The monoisotopic (exact) mass is 328 g/mol. The minimum Gasteiger partial charge on any atom is -0.279 e. The summed E-state index contributed by atoms with van der Waals surface area (Å²) in [7, 11) is -3.54. The summed E-state index contributed by atoms with van der Waals surface area (Å²) < 4.78 is 27.3. The van der Waals surface area contributed by atoms with E-state index in [1.165, 1.54) is 6.20 Å². The molecule has 0 atom stereocenters. The Hall–Kier alpha value is -2.67. The second kappa shape index (κ2) is 6.21. The molecular weight excluding hydrogens is 312 g/mol. The van der Waals surface area contributed by atoms with Crippen molar-refractivity contribution in [2.75, 3.05) is 4.72 Å². The molecule has 0 amide bonds. The Labute approximate surface area is 134 Å². The molecule has 0 aliphatic carbocycles. The fraction of sp³-hybridized carbons (Fsp3) is 0.125. The van der Waals surface area contributed by atoms with Gasteiger partial charge in [-0.1, -0.05) is 35.9 Å². The number of rotatable bonds is 5. The van der Waals surface area contributed by atoms with Crippen LogP contribution >= 0.6 is 0 Å². The molecule has 3 rings (SSSR count). The van der Waals surface area contributed by atoms with E-state index < -0.39 is 10.0 Å². The molecule has 0 radical (unpaired) electrons. The number of aryl methyl sites for hydroxylation is 1. The third kappa shape index (κ3) is 3.75. The normalized spacial score (nSPS) is 11.3. The molecule has 6 nitrogen and oxygen atoms in total. The van der Waals surface area contributed by atoms with Crippen LogP contribution < -0.4 is 4.72 Å². The van der Waals surface area contributed by atoms with Gasteiger partial charge >= 0.3 is 0 Å². The predicted molar refractivity (Wildman–Crippen MR) is 89.2 cm³/mol. The molecular formula is C16H16N4O2S. The van der Waals surface area contributed by atoms with Gasteiger partial charge in [0.05, 0.1) is 23.3 Å². The Bertz CT molecular complexity index is 905. The quantitative estimate of drug-likeness (QED) is 0.754. The Kier molecular flexibility index (Phi) is 4.12. The first-order valence-electron chi connectivity index (χ1n) is 7.04. The van der Waals surface area contributed by atoms with E-state index in [0.29, 0.717) is 17.1 Å². The molecule has 1 aromatic carbocycles. The average Bonchev–Trinajstić information content (AvgIpc) is 2.95. The van der Waals surface area contributed by atoms with Crippen molar-refractivity contribution in [3.05, 3.63) is 66.0 Å². The van der Waals surface area contributed by atoms with E-state index in [1.54, 1.807) is 24.4 Å². The third-order valence-electron chi connectivity index (χ3n) is 3.27. The molecule has 0 aliphatic heterocycles. The van der Waals surface area contributed by atoms with Gasteiger partial charge in [0.2, 0.25) is 10.0 Å². The van der Waals surface area contributed by atoms with Gasteiger partial charge in [0.25, 0.3) is 0 Å². The number of anilines is 1. The Balaban J connectivity index is 1.83. The zero-order valence-electron chi connectivity index (χ0n) is 12.5. The minimum absolute atomic E-state index is 0.0957. The first-order valence-corrected chi connectivity index (χ1v) is 8.69. The summed E-state index contributed by atoms with van der Waals surface area (Å²) in [4.78, 5) is 4.20. The van der Waals surface area contributed by atoms with Crippen molar-refractivity contribution in [2.45, 2.75) is 12.7 Å². The lowest BCUT2D eigenvalue weighted by atomic mass is 10.2. The molecule has 2 N–H and O–H groups in total. The van der Waals surface area contributed by atoms with Crippen LogP contribution in [0.2, 0.25) is 0 Å². The fourth-order valence-corrected chi connectivity index (χ4v) is 3.47. The molecule has 7 heteroatoms. The number of nitrogens with zero attached hydrogens (tertiary/aromatic N) is 2. The lowest BCUT2D eigenvalue weighted by Gasteiger charge is -2.08. The van der Waals surface area contributed by atoms with Crippen LogP contribution in [0.5, 0.6) is 0 Å². The third-order valence-corrected chi connectivity index (χ3v) is 4.51. The molecule has 3 aromatic rings. The summed E-state index contributed by atoms with van der Waals surface area (Å²) >= 11 is 0. The van der Waals surface area contributed by atoms with Gasteiger partial charge in [-0.2, -0.15) is 5.10 Å². The van der Waals surface area contributed by atoms with Gasteiger partial charge < -0.3 is 0 Å². The molecule has 2 aromatic heterocycles. The van der Waals surface area contributed by atoms with Gasteiger partial charge in [0.15, 0.2) is 0 Å². The number of aromatic nitrogens is 3. The van der Waals surface area contributed by atoms with E-state index in [2.05, 4.69) is 19.9 Å². The largest absolute Gasteiger partial charge is 0.279 e. The number of aromatic amines is 1. The van der Waals surface area contributed by atoms with Crippen LogP contribution in [0.15, 0.2) is 54.9 Å². The molecule has 0 aliphatic rings. The second-order valence-electron chi connectivity index (χ2n) is 5.22. The van der Waals surface area contributed by atoms with Crippen molar-refractivity contribution in [3.63, 3.8) is 0 Å². The summed E-state index contributed by atoms with van der Waals surface area (Å²) in [5.41, 5.74) is 3.31. The van der Waals surface area contributed by atoms with Crippen molar-refractivity contribution < 1.29 is 8.42 Å². The van der Waals surface area contributed by atoms with E-state index in [4.69, 9.17) is 0 Å². The summed E-state index contributed by atoms with van der Waals surface area (Å²) in [5, 5.41) is 6.69. The summed E-state index contributed by atoms with van der Waals surface area (Å²) in [6, 6.07) is 12.8. The molecule has 23 heavy (non-hydrogen) atoms. The highest BCUT2D eigenvalue weighted by Gasteiger charge is 2.16. The number of sulfonamides is 1. The minimum atomic E-state index is -3.54. The van der Waals surface area contributed by atoms with Crippen LogP contribution in [0.3, 0.4) is 0 Å². The molecule has 118 valence electrons. The van der Waals surface area contributed by atoms with Gasteiger partial charge in [0.1, 0.15) is 5.69 Å². The Morgan fingerprint density at radius 3 is 2.78 bits per heavy atom. The van der Waals surface area contributed by atoms with E-state index >= 15 is 0 Å². The molecule has 2 heterocycles. The van der Waals surface area contributed by atoms with E-state index in [-0.39, 0.29) is 5.75 Å². The lowest BCUT2D eigenvalue weighted by Crippen LogP contribution is -2.15. The van der Waals surface area contributed by atoms with Crippen molar-refractivity contribution in [1.82, 2.24) is 15.2 Å². The maximum Gasteiger partial charge on any atom is 0.237 e. The van der Waals surface area contributed by atoms with Crippen molar-refractivity contribution in [1.29, 1.82) is 0 Å². The number of hydrogen-bond donors (Lipinski definition) is 2. The molecule has 0 unspecified atom stereocenters. The van der Waals surface area contributed by atoms with Gasteiger partial charge in [0, 0.05) is 6.20 Å². The van der Waals surface area contributed by atoms with Crippen LogP contribution in [0.4, 0.5) is 5.69 Å². The number of H-pyrrole nitrogens is 1. The van der Waals surface area contributed by atoms with Gasteiger partial charge in [-0.25, -0.2) is 8.42 Å². The van der Waals surface area contributed by atoms with Crippen molar-refractivity contribution in [3.8, 4) is 11.4 Å². The van der Waals surface area contributed by atoms with Crippen LogP contribution in [0.25, 0.3) is 11.4 Å². The standard InChI is InChI=1S/C16H16N4O2S/c1-12-5-4-6-13(9-12)11-23(21,22)20-15-10-18-19-16(15)14-7-2-3-8-17-14/h2-10,20H,11H2,1H3,(H,18,19). The fourth-order valence-electron chi connectivity index (χ4n) is 2.29. The maximum atomic E-state index is 12.4. The number of nitrogens with one attached hydrogen (secondary N) is 2. The number of benzene rings is 1. The molecule has 0 spiro atoms. The van der Waals surface area contributed by atoms with Crippen molar-refractivity contribution >= 4 is 15.7 Å². The first kappa shape index (κ1) is 15.2. The number of hydrogen-bond acceptors (Lipinski definition) is 4. The zero-order valence-corrected chi connectivity index (χ0v) is 13.3. The predicted octanol–water partition coefficient (Wildman–Crippen LogP) is 2.72. The van der Waals surface area contributed by atoms with Crippen molar-refractivity contribution in [2.24, 2.45) is 0 Å². The molecule has 0 bridgehead atoms. The first-order chi connectivity index (χ1) is 11.0. The van der Waals surface area contributed by atoms with E-state index in [0.717, 1.165) is 11.1 Å². The molecule has 0 saturated carbocycles. The summed E-state index contributed by atoms with van der Waals surface area (Å²) in [6.07, 6.45) is 3.08. The Morgan fingerprint density at radius 1 is 1.17 bits per heavy atom. The highest BCUT2D eigenvalue weighted by atomic mass is 32.2. The van der Waals surface area contributed by atoms with Crippen LogP contribution in [0, 0.1) is 6.92 Å². The van der Waals surface area contributed by atoms with Gasteiger partial charge in [-0.15, -0.1) is 0 Å². The van der Waals surface area contributed by atoms with Crippen LogP contribution in [-0.4, -0.2) is 23.6 Å². The summed E-state index contributed by atoms with van der Waals surface area (Å²) in [5.74, 6) is -0.0957. The Morgan fingerprint density at radius 2 is 2.04 bits per heavy atom. The van der Waals surface area contributed by atoms with E-state index in [1.807, 2.05) is 31.2 Å². The lowest BCUT2D eigenvalue weighted by molar-refractivity contribution is 0.600. The van der Waals surface area contributed by atoms with E-state index in [9.17, 15) is 8.42 Å². The van der Waals surface area contributed by atoms with Crippen LogP contribution in [-0.2, 0) is 15.8 Å². The smallest absolute Gasteiger partial charge is 0.237 e. The zero-order chi connectivity index (χ0) is 16.3. The highest BCUT2D eigenvalue weighted by molar-refractivity contribution is 7.91. The van der Waals surface area contributed by atoms with Gasteiger partial charge in [-0.05, 0) is 24.6 Å².